The van der Waals surface area contributed by atoms with Gasteiger partial charge in [0.05, 0.1) is 11.3 Å². The van der Waals surface area contributed by atoms with Gasteiger partial charge in [0.25, 0.3) is 5.91 Å². The molecule has 0 atom stereocenters. The number of amides is 1. The summed E-state index contributed by atoms with van der Waals surface area (Å²) >= 11 is 5.83. The monoisotopic (exact) mass is 324 g/mol. The zero-order valence-corrected chi connectivity index (χ0v) is 12.9. The van der Waals surface area contributed by atoms with Gasteiger partial charge in [-0.3, -0.25) is 9.78 Å². The summed E-state index contributed by atoms with van der Waals surface area (Å²) in [7, 11) is 0. The maximum Gasteiger partial charge on any atom is 0.253 e. The summed E-state index contributed by atoms with van der Waals surface area (Å²) < 4.78 is 0. The van der Waals surface area contributed by atoms with Gasteiger partial charge in [-0.25, -0.2) is 9.97 Å². The molecule has 0 fully saturated rings. The Morgan fingerprint density at radius 2 is 1.74 bits per heavy atom. The molecule has 0 radical (unpaired) electrons. The smallest absolute Gasteiger partial charge is 0.253 e. The second-order valence-corrected chi connectivity index (χ2v) is 5.30. The minimum atomic E-state index is -0.177. The van der Waals surface area contributed by atoms with Gasteiger partial charge in [-0.1, -0.05) is 23.7 Å². The largest absolute Gasteiger partial charge is 0.348 e. The molecule has 0 aliphatic rings. The van der Waals surface area contributed by atoms with E-state index in [1.54, 1.807) is 42.9 Å². The van der Waals surface area contributed by atoms with Crippen molar-refractivity contribution >= 4 is 17.5 Å². The lowest BCUT2D eigenvalue weighted by Gasteiger charge is -2.06. The summed E-state index contributed by atoms with van der Waals surface area (Å²) in [5.74, 6) is -0.177. The fraction of sp³-hybridized carbons (Fsp3) is 0.0588. The normalized spacial score (nSPS) is 10.3. The third kappa shape index (κ3) is 3.90. The van der Waals surface area contributed by atoms with Crippen LogP contribution in [0.2, 0.25) is 5.02 Å². The van der Waals surface area contributed by atoms with Gasteiger partial charge in [-0.15, -0.1) is 0 Å². The van der Waals surface area contributed by atoms with Crippen molar-refractivity contribution in [2.24, 2.45) is 0 Å². The van der Waals surface area contributed by atoms with Crippen molar-refractivity contribution in [1.82, 2.24) is 20.3 Å². The fourth-order valence-corrected chi connectivity index (χ4v) is 2.14. The minimum Gasteiger partial charge on any atom is -0.348 e. The SMILES string of the molecule is O=C(NCc1ccc(Cl)cc1)c1ccc(-c2cncnc2)nc1. The van der Waals surface area contributed by atoms with Crippen molar-refractivity contribution in [3.8, 4) is 11.3 Å². The summed E-state index contributed by atoms with van der Waals surface area (Å²) in [5.41, 5.74) is 3.01. The summed E-state index contributed by atoms with van der Waals surface area (Å²) in [5, 5.41) is 3.52. The lowest BCUT2D eigenvalue weighted by Crippen LogP contribution is -2.22. The molecule has 1 amide bonds. The zero-order valence-electron chi connectivity index (χ0n) is 12.1. The Kier molecular flexibility index (Phi) is 4.59. The van der Waals surface area contributed by atoms with Crippen LogP contribution < -0.4 is 5.32 Å². The van der Waals surface area contributed by atoms with Crippen LogP contribution >= 0.6 is 11.6 Å². The van der Waals surface area contributed by atoms with E-state index in [-0.39, 0.29) is 5.91 Å². The van der Waals surface area contributed by atoms with Crippen LogP contribution in [0.1, 0.15) is 15.9 Å². The molecule has 114 valence electrons. The van der Waals surface area contributed by atoms with Crippen LogP contribution in [-0.2, 0) is 6.54 Å². The number of halogens is 1. The van der Waals surface area contributed by atoms with Gasteiger partial charge >= 0.3 is 0 Å². The Bertz CT molecular complexity index is 789. The average Bonchev–Trinajstić information content (AvgIpc) is 2.62. The number of nitrogens with zero attached hydrogens (tertiary/aromatic N) is 3. The molecule has 3 rings (SSSR count). The van der Waals surface area contributed by atoms with E-state index in [2.05, 4.69) is 20.3 Å². The van der Waals surface area contributed by atoms with E-state index < -0.39 is 0 Å². The number of rotatable bonds is 4. The van der Waals surface area contributed by atoms with Crippen LogP contribution in [0.3, 0.4) is 0 Å². The Balaban J connectivity index is 1.65. The van der Waals surface area contributed by atoms with Crippen molar-refractivity contribution < 1.29 is 4.79 Å². The molecule has 23 heavy (non-hydrogen) atoms. The molecule has 0 aliphatic carbocycles. The van der Waals surface area contributed by atoms with Gasteiger partial charge in [0.2, 0.25) is 0 Å². The Morgan fingerprint density at radius 3 is 2.39 bits per heavy atom. The molecule has 6 heteroatoms. The molecular formula is C17H13ClN4O. The molecule has 1 N–H and O–H groups in total. The maximum atomic E-state index is 12.1. The van der Waals surface area contributed by atoms with Crippen molar-refractivity contribution in [2.45, 2.75) is 6.54 Å². The lowest BCUT2D eigenvalue weighted by atomic mass is 10.2. The first kappa shape index (κ1) is 15.1. The van der Waals surface area contributed by atoms with Crippen LogP contribution in [0.5, 0.6) is 0 Å². The van der Waals surface area contributed by atoms with Gasteiger partial charge in [-0.2, -0.15) is 0 Å². The van der Waals surface area contributed by atoms with E-state index in [0.29, 0.717) is 17.1 Å². The predicted octanol–water partition coefficient (Wildman–Crippen LogP) is 3.12. The molecule has 0 saturated heterocycles. The number of carbonyl (C=O) groups is 1. The van der Waals surface area contributed by atoms with Crippen LogP contribution in [0.25, 0.3) is 11.3 Å². The van der Waals surface area contributed by atoms with Gasteiger partial charge in [0.15, 0.2) is 0 Å². The van der Waals surface area contributed by atoms with Crippen LogP contribution in [0.15, 0.2) is 61.3 Å². The van der Waals surface area contributed by atoms with E-state index in [1.165, 1.54) is 6.33 Å². The molecule has 0 spiro atoms. The van der Waals surface area contributed by atoms with Crippen molar-refractivity contribution in [1.29, 1.82) is 0 Å². The summed E-state index contributed by atoms with van der Waals surface area (Å²) in [6.07, 6.45) is 6.35. The molecule has 3 aromatic rings. The molecule has 0 aliphatic heterocycles. The predicted molar refractivity (Wildman–Crippen MR) is 87.9 cm³/mol. The molecule has 5 nitrogen and oxygen atoms in total. The van der Waals surface area contributed by atoms with E-state index >= 15 is 0 Å². The van der Waals surface area contributed by atoms with Gasteiger partial charge < -0.3 is 5.32 Å². The van der Waals surface area contributed by atoms with E-state index in [1.807, 2.05) is 12.1 Å². The molecule has 0 bridgehead atoms. The lowest BCUT2D eigenvalue weighted by molar-refractivity contribution is 0.0950. The number of aromatic nitrogens is 3. The minimum absolute atomic E-state index is 0.177. The highest BCUT2D eigenvalue weighted by atomic mass is 35.5. The first-order valence-electron chi connectivity index (χ1n) is 6.96. The number of hydrogen-bond donors (Lipinski definition) is 1. The number of hydrogen-bond acceptors (Lipinski definition) is 4. The van der Waals surface area contributed by atoms with Crippen LogP contribution in [0.4, 0.5) is 0 Å². The standard InChI is InChI=1S/C17H13ClN4O/c18-15-4-1-12(2-5-15)7-22-17(23)13-3-6-16(21-10-13)14-8-19-11-20-9-14/h1-6,8-11H,7H2,(H,22,23). The first-order chi connectivity index (χ1) is 11.2. The highest BCUT2D eigenvalue weighted by molar-refractivity contribution is 6.30. The Morgan fingerprint density at radius 1 is 1.00 bits per heavy atom. The molecule has 1 aromatic carbocycles. The third-order valence-corrected chi connectivity index (χ3v) is 3.50. The van der Waals surface area contributed by atoms with Crippen LogP contribution in [0, 0.1) is 0 Å². The van der Waals surface area contributed by atoms with Crippen LogP contribution in [-0.4, -0.2) is 20.9 Å². The topological polar surface area (TPSA) is 67.8 Å². The van der Waals surface area contributed by atoms with Crippen molar-refractivity contribution in [3.05, 3.63) is 77.5 Å². The Labute approximate surface area is 138 Å². The molecule has 2 aromatic heterocycles. The van der Waals surface area contributed by atoms with Gasteiger partial charge in [0.1, 0.15) is 6.33 Å². The number of nitrogens with one attached hydrogen (secondary N) is 1. The number of benzene rings is 1. The molecular weight excluding hydrogens is 312 g/mol. The highest BCUT2D eigenvalue weighted by Crippen LogP contribution is 2.14. The van der Waals surface area contributed by atoms with E-state index in [4.69, 9.17) is 11.6 Å². The van der Waals surface area contributed by atoms with Crippen molar-refractivity contribution in [2.75, 3.05) is 0 Å². The molecule has 2 heterocycles. The quantitative estimate of drug-likeness (QED) is 0.800. The average molecular weight is 325 g/mol. The number of carbonyl (C=O) groups excluding carboxylic acids is 1. The zero-order chi connectivity index (χ0) is 16.1. The second kappa shape index (κ2) is 6.98. The fourth-order valence-electron chi connectivity index (χ4n) is 2.02. The number of pyridine rings is 1. The van der Waals surface area contributed by atoms with Crippen molar-refractivity contribution in [3.63, 3.8) is 0 Å². The molecule has 0 saturated carbocycles. The highest BCUT2D eigenvalue weighted by Gasteiger charge is 2.07. The molecule has 0 unspecified atom stereocenters. The first-order valence-corrected chi connectivity index (χ1v) is 7.34. The summed E-state index contributed by atoms with van der Waals surface area (Å²) in [4.78, 5) is 24.3. The van der Waals surface area contributed by atoms with Gasteiger partial charge in [0, 0.05) is 35.7 Å². The van der Waals surface area contributed by atoms with E-state index in [9.17, 15) is 4.79 Å². The summed E-state index contributed by atoms with van der Waals surface area (Å²) in [6.45, 7) is 0.435. The maximum absolute atomic E-state index is 12.1. The Hall–Kier alpha value is -2.79. The third-order valence-electron chi connectivity index (χ3n) is 3.25. The summed E-state index contributed by atoms with van der Waals surface area (Å²) in [6, 6.07) is 10.8. The second-order valence-electron chi connectivity index (χ2n) is 4.87. The van der Waals surface area contributed by atoms with E-state index in [0.717, 1.165) is 16.8 Å². The van der Waals surface area contributed by atoms with Gasteiger partial charge in [-0.05, 0) is 29.8 Å².